The molecule has 7 nitrogen and oxygen atoms in total. The van der Waals surface area contributed by atoms with Gasteiger partial charge in [0.05, 0.1) is 16.5 Å². The predicted octanol–water partition coefficient (Wildman–Crippen LogP) is 3.06. The van der Waals surface area contributed by atoms with Crippen LogP contribution in [-0.2, 0) is 6.42 Å². The van der Waals surface area contributed by atoms with Crippen LogP contribution in [0.15, 0.2) is 46.3 Å². The lowest BCUT2D eigenvalue weighted by Gasteiger charge is -2.34. The predicted molar refractivity (Wildman–Crippen MR) is 109 cm³/mol. The Balaban J connectivity index is 1.22. The minimum atomic E-state index is -0.00582. The summed E-state index contributed by atoms with van der Waals surface area (Å²) in [4.78, 5) is 22.3. The summed E-state index contributed by atoms with van der Waals surface area (Å²) in [5.41, 5.74) is 1.09. The summed E-state index contributed by atoms with van der Waals surface area (Å²) in [5.74, 6) is 1.32. The van der Waals surface area contributed by atoms with E-state index in [1.54, 1.807) is 35.6 Å². The summed E-state index contributed by atoms with van der Waals surface area (Å²) >= 11 is 1.60. The number of benzene rings is 1. The molecule has 0 saturated carbocycles. The van der Waals surface area contributed by atoms with Gasteiger partial charge in [-0.2, -0.15) is 10.2 Å². The highest BCUT2D eigenvalue weighted by molar-refractivity contribution is 7.13. The topological polar surface area (TPSA) is 86.3 Å². The van der Waals surface area contributed by atoms with E-state index in [9.17, 15) is 4.79 Å². The molecule has 8 heteroatoms. The molecule has 148 valence electrons. The molecule has 1 amide bonds. The highest BCUT2D eigenvalue weighted by Crippen LogP contribution is 2.21. The quantitative estimate of drug-likeness (QED) is 0.624. The van der Waals surface area contributed by atoms with E-state index in [0.29, 0.717) is 35.9 Å². The highest BCUT2D eigenvalue weighted by Gasteiger charge is 2.22. The van der Waals surface area contributed by atoms with Crippen LogP contribution in [0.3, 0.4) is 0 Å². The van der Waals surface area contributed by atoms with E-state index < -0.39 is 0 Å². The van der Waals surface area contributed by atoms with Gasteiger partial charge >= 0.3 is 0 Å². The second-order valence-corrected chi connectivity index (χ2v) is 7.87. The van der Waals surface area contributed by atoms with Crippen LogP contribution in [0.5, 0.6) is 0 Å². The largest absolute Gasteiger partial charge is 0.339 e. The first-order chi connectivity index (χ1) is 14.2. The van der Waals surface area contributed by atoms with Crippen LogP contribution >= 0.6 is 11.3 Å². The van der Waals surface area contributed by atoms with Gasteiger partial charge in [0.2, 0.25) is 11.7 Å². The SMILES string of the molecule is N#Cc1cccc(C(=O)N2CCN(CCCc3nc(-c4cccs4)no3)CC2)c1. The number of nitriles is 1. The lowest BCUT2D eigenvalue weighted by atomic mass is 10.1. The van der Waals surface area contributed by atoms with Crippen molar-refractivity contribution >= 4 is 17.2 Å². The van der Waals surface area contributed by atoms with Crippen molar-refractivity contribution in [2.45, 2.75) is 12.8 Å². The Morgan fingerprint density at radius 1 is 1.21 bits per heavy atom. The number of nitrogens with zero attached hydrogens (tertiary/aromatic N) is 5. The summed E-state index contributed by atoms with van der Waals surface area (Å²) in [7, 11) is 0. The fourth-order valence-corrected chi connectivity index (χ4v) is 4.04. The lowest BCUT2D eigenvalue weighted by molar-refractivity contribution is 0.0635. The van der Waals surface area contributed by atoms with Crippen molar-refractivity contribution in [1.82, 2.24) is 19.9 Å². The van der Waals surface area contributed by atoms with Crippen molar-refractivity contribution in [3.8, 4) is 16.8 Å². The zero-order valence-electron chi connectivity index (χ0n) is 16.0. The standard InChI is InChI=1S/C21H21N5O2S/c22-15-16-4-1-5-17(14-16)21(27)26-11-9-25(10-12-26)8-2-7-19-23-20(24-28-19)18-6-3-13-29-18/h1,3-6,13-14H,2,7-12H2. The zero-order valence-corrected chi connectivity index (χ0v) is 16.8. The fraction of sp³-hybridized carbons (Fsp3) is 0.333. The third-order valence-corrected chi connectivity index (χ3v) is 5.84. The molecule has 29 heavy (non-hydrogen) atoms. The molecule has 2 aromatic heterocycles. The summed E-state index contributed by atoms with van der Waals surface area (Å²) in [6.45, 7) is 4.00. The van der Waals surface area contributed by atoms with E-state index in [2.05, 4.69) is 21.1 Å². The van der Waals surface area contributed by atoms with Gasteiger partial charge in [-0.15, -0.1) is 11.3 Å². The van der Waals surface area contributed by atoms with Crippen molar-refractivity contribution in [1.29, 1.82) is 5.26 Å². The van der Waals surface area contributed by atoms with Gasteiger partial charge in [0.15, 0.2) is 0 Å². The van der Waals surface area contributed by atoms with Crippen LogP contribution in [0.25, 0.3) is 10.7 Å². The maximum absolute atomic E-state index is 12.6. The number of piperazine rings is 1. The van der Waals surface area contributed by atoms with Crippen molar-refractivity contribution in [2.24, 2.45) is 0 Å². The number of rotatable bonds is 6. The van der Waals surface area contributed by atoms with E-state index in [-0.39, 0.29) is 5.91 Å². The Bertz CT molecular complexity index is 1000. The van der Waals surface area contributed by atoms with Crippen molar-refractivity contribution in [3.63, 3.8) is 0 Å². The number of aryl methyl sites for hydroxylation is 1. The van der Waals surface area contributed by atoms with Crippen LogP contribution in [-0.4, -0.2) is 58.6 Å². The molecule has 0 atom stereocenters. The monoisotopic (exact) mass is 407 g/mol. The number of carbonyl (C=O) groups is 1. The van der Waals surface area contributed by atoms with Gasteiger partial charge in [-0.3, -0.25) is 9.69 Å². The molecule has 0 unspecified atom stereocenters. The zero-order chi connectivity index (χ0) is 20.1. The van der Waals surface area contributed by atoms with Gasteiger partial charge in [-0.1, -0.05) is 17.3 Å². The van der Waals surface area contributed by atoms with E-state index in [0.717, 1.165) is 37.4 Å². The average Bonchev–Trinajstić information content (AvgIpc) is 3.46. The molecule has 3 heterocycles. The Morgan fingerprint density at radius 2 is 2.07 bits per heavy atom. The third kappa shape index (κ3) is 4.70. The molecule has 1 fully saturated rings. The molecule has 0 bridgehead atoms. The number of amides is 1. The van der Waals surface area contributed by atoms with Crippen molar-refractivity contribution in [3.05, 3.63) is 58.8 Å². The normalized spacial score (nSPS) is 14.7. The van der Waals surface area contributed by atoms with E-state index in [1.165, 1.54) is 0 Å². The van der Waals surface area contributed by atoms with E-state index >= 15 is 0 Å². The Labute approximate surface area is 173 Å². The van der Waals surface area contributed by atoms with Gasteiger partial charge in [-0.05, 0) is 42.6 Å². The lowest BCUT2D eigenvalue weighted by Crippen LogP contribution is -2.48. The second-order valence-electron chi connectivity index (χ2n) is 6.92. The van der Waals surface area contributed by atoms with Gasteiger partial charge in [0.25, 0.3) is 5.91 Å². The van der Waals surface area contributed by atoms with Crippen LogP contribution in [0, 0.1) is 11.3 Å². The molecular formula is C21H21N5O2S. The smallest absolute Gasteiger partial charge is 0.253 e. The molecule has 0 spiro atoms. The summed E-state index contributed by atoms with van der Waals surface area (Å²) in [5, 5.41) is 15.0. The first kappa shape index (κ1) is 19.3. The van der Waals surface area contributed by atoms with Crippen LogP contribution in [0.2, 0.25) is 0 Å². The first-order valence-electron chi connectivity index (χ1n) is 9.61. The molecule has 1 aliphatic heterocycles. The Kier molecular flexibility index (Phi) is 5.98. The molecule has 0 radical (unpaired) electrons. The molecule has 1 saturated heterocycles. The second kappa shape index (κ2) is 8.99. The van der Waals surface area contributed by atoms with E-state index in [4.69, 9.17) is 9.78 Å². The molecule has 0 N–H and O–H groups in total. The molecule has 4 rings (SSSR count). The van der Waals surface area contributed by atoms with Crippen molar-refractivity contribution in [2.75, 3.05) is 32.7 Å². The number of thiophene rings is 1. The summed E-state index contributed by atoms with van der Waals surface area (Å²) in [6, 6.07) is 12.9. The first-order valence-corrected chi connectivity index (χ1v) is 10.5. The number of hydrogen-bond donors (Lipinski definition) is 0. The molecular weight excluding hydrogens is 386 g/mol. The molecule has 1 aliphatic rings. The minimum Gasteiger partial charge on any atom is -0.339 e. The van der Waals surface area contributed by atoms with Gasteiger partial charge in [0.1, 0.15) is 0 Å². The van der Waals surface area contributed by atoms with Gasteiger partial charge < -0.3 is 9.42 Å². The van der Waals surface area contributed by atoms with Gasteiger partial charge in [-0.25, -0.2) is 0 Å². The van der Waals surface area contributed by atoms with Crippen molar-refractivity contribution < 1.29 is 9.32 Å². The highest BCUT2D eigenvalue weighted by atomic mass is 32.1. The number of carbonyl (C=O) groups excluding carboxylic acids is 1. The third-order valence-electron chi connectivity index (χ3n) is 4.97. The number of aromatic nitrogens is 2. The maximum Gasteiger partial charge on any atom is 0.253 e. The Hall–Kier alpha value is -3.02. The van der Waals surface area contributed by atoms with Crippen LogP contribution in [0.1, 0.15) is 28.2 Å². The minimum absolute atomic E-state index is 0.00582. The fourth-order valence-electron chi connectivity index (χ4n) is 3.40. The summed E-state index contributed by atoms with van der Waals surface area (Å²) < 4.78 is 5.35. The van der Waals surface area contributed by atoms with E-state index in [1.807, 2.05) is 22.4 Å². The average molecular weight is 407 g/mol. The van der Waals surface area contributed by atoms with Crippen LogP contribution < -0.4 is 0 Å². The van der Waals surface area contributed by atoms with Gasteiger partial charge in [0, 0.05) is 38.2 Å². The molecule has 3 aromatic rings. The maximum atomic E-state index is 12.6. The van der Waals surface area contributed by atoms with Crippen LogP contribution in [0.4, 0.5) is 0 Å². The molecule has 0 aliphatic carbocycles. The Morgan fingerprint density at radius 3 is 2.83 bits per heavy atom. The number of hydrogen-bond acceptors (Lipinski definition) is 7. The molecule has 1 aromatic carbocycles. The summed E-state index contributed by atoms with van der Waals surface area (Å²) in [6.07, 6.45) is 1.68.